The fourth-order valence-corrected chi connectivity index (χ4v) is 2.89. The van der Waals surface area contributed by atoms with Crippen LogP contribution in [0.15, 0.2) is 36.1 Å². The third-order valence-corrected chi connectivity index (χ3v) is 3.95. The maximum absolute atomic E-state index is 12.7. The van der Waals surface area contributed by atoms with Crippen molar-refractivity contribution in [3.8, 4) is 5.75 Å². The van der Waals surface area contributed by atoms with Gasteiger partial charge in [0.25, 0.3) is 0 Å². The molecule has 0 bridgehead atoms. The Hall–Kier alpha value is -1.52. The first kappa shape index (κ1) is 15.9. The Labute approximate surface area is 130 Å². The van der Waals surface area contributed by atoms with E-state index in [0.717, 1.165) is 25.9 Å². The highest BCUT2D eigenvalue weighted by Crippen LogP contribution is 2.41. The fraction of sp³-hybridized carbons (Fsp3) is 0.438. The maximum atomic E-state index is 12.7. The molecule has 1 aromatic carbocycles. The van der Waals surface area contributed by atoms with E-state index in [9.17, 15) is 4.79 Å². The van der Waals surface area contributed by atoms with Crippen LogP contribution in [0.5, 0.6) is 5.75 Å². The molecule has 0 radical (unpaired) electrons. The van der Waals surface area contributed by atoms with E-state index < -0.39 is 5.60 Å². The average Bonchev–Trinajstić information content (AvgIpc) is 2.48. The second-order valence-corrected chi connectivity index (χ2v) is 5.16. The Morgan fingerprint density at radius 3 is 2.76 bits per heavy atom. The molecule has 3 rings (SSSR count). The monoisotopic (exact) mass is 309 g/mol. The first-order chi connectivity index (χ1) is 9.77. The molecular formula is C16H20ClNO3. The molecule has 1 spiro atoms. The molecule has 0 aliphatic carbocycles. The zero-order valence-corrected chi connectivity index (χ0v) is 12.9. The number of carbonyl (C=O) groups is 1. The lowest BCUT2D eigenvalue weighted by atomic mass is 9.79. The number of piperidine rings is 1. The highest BCUT2D eigenvalue weighted by Gasteiger charge is 2.46. The minimum Gasteiger partial charge on any atom is -0.501 e. The van der Waals surface area contributed by atoms with Gasteiger partial charge in [-0.2, -0.15) is 0 Å². The number of ketones is 1. The molecule has 0 saturated carbocycles. The van der Waals surface area contributed by atoms with Gasteiger partial charge in [0.1, 0.15) is 11.4 Å². The predicted molar refractivity (Wildman–Crippen MR) is 83.2 cm³/mol. The van der Waals surface area contributed by atoms with E-state index in [1.54, 1.807) is 6.26 Å². The quantitative estimate of drug-likeness (QED) is 0.674. The van der Waals surface area contributed by atoms with Crippen molar-refractivity contribution >= 4 is 18.2 Å². The fourth-order valence-electron chi connectivity index (χ4n) is 2.89. The highest BCUT2D eigenvalue weighted by atomic mass is 35.5. The van der Waals surface area contributed by atoms with Gasteiger partial charge in [-0.1, -0.05) is 12.1 Å². The summed E-state index contributed by atoms with van der Waals surface area (Å²) in [6.07, 6.45) is 3.17. The summed E-state index contributed by atoms with van der Waals surface area (Å²) in [7, 11) is 0. The lowest BCUT2D eigenvalue weighted by molar-refractivity contribution is 0.0502. The summed E-state index contributed by atoms with van der Waals surface area (Å²) >= 11 is 0. The average molecular weight is 310 g/mol. The second-order valence-electron chi connectivity index (χ2n) is 5.16. The van der Waals surface area contributed by atoms with Gasteiger partial charge in [0.05, 0.1) is 24.0 Å². The number of fused-ring (bicyclic) bond motifs is 1. The number of ether oxygens (including phenoxy) is 2. The molecule has 0 aromatic heterocycles. The molecule has 5 heteroatoms. The van der Waals surface area contributed by atoms with Gasteiger partial charge in [0, 0.05) is 12.8 Å². The number of benzene rings is 1. The van der Waals surface area contributed by atoms with Crippen molar-refractivity contribution in [3.05, 3.63) is 41.7 Å². The summed E-state index contributed by atoms with van der Waals surface area (Å²) in [6.45, 7) is 4.15. The number of nitrogens with one attached hydrogen (secondary N) is 1. The Kier molecular flexibility index (Phi) is 4.91. The van der Waals surface area contributed by atoms with Crippen LogP contribution in [-0.2, 0) is 4.74 Å². The van der Waals surface area contributed by atoms with Gasteiger partial charge in [0.2, 0.25) is 0 Å². The summed E-state index contributed by atoms with van der Waals surface area (Å²) in [5.41, 5.74) is 0.744. The van der Waals surface area contributed by atoms with E-state index in [4.69, 9.17) is 9.47 Å². The standard InChI is InChI=1S/C16H19NO3.ClH/c1-2-19-11-13-15(18)12-5-3-4-6-14(12)20-16(13)7-9-17-10-8-16;/h3-6,11,17H,2,7-10H2,1H3;1H/b13-11+;. The van der Waals surface area contributed by atoms with E-state index in [2.05, 4.69) is 5.32 Å². The van der Waals surface area contributed by atoms with Crippen molar-refractivity contribution in [2.24, 2.45) is 0 Å². The first-order valence-electron chi connectivity index (χ1n) is 7.12. The molecule has 1 N–H and O–H groups in total. The molecule has 0 amide bonds. The van der Waals surface area contributed by atoms with Crippen molar-refractivity contribution in [2.45, 2.75) is 25.4 Å². The van der Waals surface area contributed by atoms with E-state index in [-0.39, 0.29) is 18.2 Å². The van der Waals surface area contributed by atoms with Crippen LogP contribution in [-0.4, -0.2) is 31.1 Å². The van der Waals surface area contributed by atoms with Crippen LogP contribution in [0.1, 0.15) is 30.1 Å². The molecule has 2 aliphatic heterocycles. The number of carbonyl (C=O) groups excluding carboxylic acids is 1. The third kappa shape index (κ3) is 2.78. The largest absolute Gasteiger partial charge is 0.501 e. The number of Topliss-reactive ketones (excluding diaryl/α,β-unsaturated/α-hetero) is 1. The Balaban J connectivity index is 0.00000161. The molecule has 1 fully saturated rings. The van der Waals surface area contributed by atoms with E-state index >= 15 is 0 Å². The molecule has 2 aliphatic rings. The molecule has 1 saturated heterocycles. The first-order valence-corrected chi connectivity index (χ1v) is 7.12. The molecular weight excluding hydrogens is 290 g/mol. The zero-order chi connectivity index (χ0) is 14.0. The predicted octanol–water partition coefficient (Wildman–Crippen LogP) is 2.73. The summed E-state index contributed by atoms with van der Waals surface area (Å²) in [5, 5.41) is 3.31. The smallest absolute Gasteiger partial charge is 0.199 e. The Morgan fingerprint density at radius 2 is 2.05 bits per heavy atom. The van der Waals surface area contributed by atoms with Crippen LogP contribution in [0.25, 0.3) is 0 Å². The SMILES string of the molecule is CCO/C=C1\C(=O)c2ccccc2OC12CCNCC2.Cl. The highest BCUT2D eigenvalue weighted by molar-refractivity contribution is 6.12. The van der Waals surface area contributed by atoms with E-state index in [1.165, 1.54) is 0 Å². The summed E-state index contributed by atoms with van der Waals surface area (Å²) in [6, 6.07) is 7.44. The lowest BCUT2D eigenvalue weighted by Crippen LogP contribution is -2.51. The van der Waals surface area contributed by atoms with Gasteiger partial charge in [-0.15, -0.1) is 12.4 Å². The zero-order valence-electron chi connectivity index (χ0n) is 12.1. The van der Waals surface area contributed by atoms with Crippen LogP contribution < -0.4 is 10.1 Å². The van der Waals surface area contributed by atoms with Crippen LogP contribution >= 0.6 is 12.4 Å². The van der Waals surface area contributed by atoms with Crippen LogP contribution in [0, 0.1) is 0 Å². The topological polar surface area (TPSA) is 47.6 Å². The van der Waals surface area contributed by atoms with Crippen LogP contribution in [0.3, 0.4) is 0 Å². The maximum Gasteiger partial charge on any atom is 0.199 e. The van der Waals surface area contributed by atoms with Crippen molar-refractivity contribution in [3.63, 3.8) is 0 Å². The van der Waals surface area contributed by atoms with E-state index in [1.807, 2.05) is 31.2 Å². The van der Waals surface area contributed by atoms with E-state index in [0.29, 0.717) is 23.5 Å². The van der Waals surface area contributed by atoms with Gasteiger partial charge in [0.15, 0.2) is 5.78 Å². The van der Waals surface area contributed by atoms with Gasteiger partial charge >= 0.3 is 0 Å². The molecule has 2 heterocycles. The van der Waals surface area contributed by atoms with Gasteiger partial charge in [-0.05, 0) is 32.1 Å². The summed E-state index contributed by atoms with van der Waals surface area (Å²) in [5.74, 6) is 0.718. The number of hydrogen-bond donors (Lipinski definition) is 1. The van der Waals surface area contributed by atoms with Gasteiger partial charge in [-0.25, -0.2) is 0 Å². The van der Waals surface area contributed by atoms with Gasteiger partial charge in [-0.3, -0.25) is 4.79 Å². The minimum absolute atomic E-state index is 0. The third-order valence-electron chi connectivity index (χ3n) is 3.95. The van der Waals surface area contributed by atoms with Crippen LogP contribution in [0.4, 0.5) is 0 Å². The Bertz CT molecular complexity index is 550. The van der Waals surface area contributed by atoms with Crippen molar-refractivity contribution in [2.75, 3.05) is 19.7 Å². The number of halogens is 1. The number of rotatable bonds is 2. The molecule has 114 valence electrons. The molecule has 4 nitrogen and oxygen atoms in total. The number of para-hydroxylation sites is 1. The normalized spacial score (nSPS) is 21.4. The summed E-state index contributed by atoms with van der Waals surface area (Å²) in [4.78, 5) is 12.7. The molecule has 0 unspecified atom stereocenters. The summed E-state index contributed by atoms with van der Waals surface area (Å²) < 4.78 is 11.6. The lowest BCUT2D eigenvalue weighted by Gasteiger charge is -2.42. The molecule has 0 atom stereocenters. The molecule has 21 heavy (non-hydrogen) atoms. The second kappa shape index (κ2) is 6.50. The van der Waals surface area contributed by atoms with Crippen molar-refractivity contribution in [1.29, 1.82) is 0 Å². The number of hydrogen-bond acceptors (Lipinski definition) is 4. The van der Waals surface area contributed by atoms with Crippen molar-refractivity contribution < 1.29 is 14.3 Å². The van der Waals surface area contributed by atoms with Gasteiger partial charge < -0.3 is 14.8 Å². The Morgan fingerprint density at radius 1 is 1.33 bits per heavy atom. The molecule has 1 aromatic rings. The minimum atomic E-state index is -0.536. The van der Waals surface area contributed by atoms with Crippen molar-refractivity contribution in [1.82, 2.24) is 5.32 Å². The van der Waals surface area contributed by atoms with Crippen LogP contribution in [0.2, 0.25) is 0 Å².